The third-order valence-electron chi connectivity index (χ3n) is 4.09. The van der Waals surface area contributed by atoms with E-state index < -0.39 is 0 Å². The van der Waals surface area contributed by atoms with E-state index in [2.05, 4.69) is 20.3 Å². The highest BCUT2D eigenvalue weighted by Crippen LogP contribution is 2.26. The maximum Gasteiger partial charge on any atom is 0.274 e. The Hall–Kier alpha value is -2.54. The highest BCUT2D eigenvalue weighted by Gasteiger charge is 2.20. The minimum absolute atomic E-state index is 0.0128. The van der Waals surface area contributed by atoms with E-state index >= 15 is 0 Å². The van der Waals surface area contributed by atoms with Crippen LogP contribution >= 0.6 is 11.3 Å². The van der Waals surface area contributed by atoms with Crippen LogP contribution in [0.2, 0.25) is 0 Å². The van der Waals surface area contributed by atoms with Crippen LogP contribution in [0.5, 0.6) is 0 Å². The number of nitrogens with zero attached hydrogens (tertiary/aromatic N) is 4. The lowest BCUT2D eigenvalue weighted by atomic mass is 10.1. The minimum atomic E-state index is -0.0584. The fourth-order valence-corrected chi connectivity index (χ4v) is 3.45. The monoisotopic (exact) mass is 385 g/mol. The second-order valence-electron chi connectivity index (χ2n) is 5.66. The minimum Gasteiger partial charge on any atom is -0.348 e. The Bertz CT molecular complexity index is 861. The van der Waals surface area contributed by atoms with Gasteiger partial charge in [-0.15, -0.1) is 11.3 Å². The molecule has 0 aliphatic heterocycles. The molecule has 1 unspecified atom stereocenters. The summed E-state index contributed by atoms with van der Waals surface area (Å²) in [6.07, 6.45) is 3.55. The normalized spacial score (nSPS) is 11.4. The molecule has 1 amide bonds. The lowest BCUT2D eigenvalue weighted by Gasteiger charge is -2.19. The summed E-state index contributed by atoms with van der Waals surface area (Å²) < 4.78 is 0.830. The van der Waals surface area contributed by atoms with Crippen molar-refractivity contribution in [3.8, 4) is 0 Å². The molecule has 0 fully saturated rings. The SMILES string of the molecule is CC.CCN(CC)C(=O)c1nc(NC(C)c2cccnc2)nc2ccsc12. The van der Waals surface area contributed by atoms with Crippen LogP contribution in [0.3, 0.4) is 0 Å². The first kappa shape index (κ1) is 20.8. The number of fused-ring (bicyclic) bond motifs is 1. The quantitative estimate of drug-likeness (QED) is 0.662. The summed E-state index contributed by atoms with van der Waals surface area (Å²) in [5.41, 5.74) is 2.29. The second-order valence-corrected chi connectivity index (χ2v) is 6.58. The molecule has 0 radical (unpaired) electrons. The fourth-order valence-electron chi connectivity index (χ4n) is 2.64. The molecule has 3 heterocycles. The molecule has 1 N–H and O–H groups in total. The van der Waals surface area contributed by atoms with Crippen LogP contribution in [0.1, 0.15) is 56.7 Å². The highest BCUT2D eigenvalue weighted by molar-refractivity contribution is 7.17. The molecule has 0 aromatic carbocycles. The summed E-state index contributed by atoms with van der Waals surface area (Å²) in [6.45, 7) is 11.3. The molecule has 0 spiro atoms. The predicted octanol–water partition coefficient (Wildman–Crippen LogP) is 4.77. The molecule has 0 saturated heterocycles. The summed E-state index contributed by atoms with van der Waals surface area (Å²) in [5, 5.41) is 5.22. The number of carbonyl (C=O) groups is 1. The van der Waals surface area contributed by atoms with Gasteiger partial charge in [0.2, 0.25) is 5.95 Å². The van der Waals surface area contributed by atoms with Gasteiger partial charge in [-0.2, -0.15) is 0 Å². The molecule has 0 aliphatic carbocycles. The molecular formula is C20H27N5OS. The summed E-state index contributed by atoms with van der Waals surface area (Å²) in [5.74, 6) is 0.398. The molecule has 6 nitrogen and oxygen atoms in total. The molecule has 144 valence electrons. The van der Waals surface area contributed by atoms with E-state index in [1.165, 1.54) is 11.3 Å². The number of carbonyl (C=O) groups excluding carboxylic acids is 1. The van der Waals surface area contributed by atoms with Crippen LogP contribution in [-0.4, -0.2) is 38.8 Å². The van der Waals surface area contributed by atoms with Gasteiger partial charge in [-0.25, -0.2) is 9.97 Å². The topological polar surface area (TPSA) is 71.0 Å². The van der Waals surface area contributed by atoms with Crippen LogP contribution in [0, 0.1) is 0 Å². The largest absolute Gasteiger partial charge is 0.348 e. The van der Waals surface area contributed by atoms with Crippen LogP contribution in [0.15, 0.2) is 36.0 Å². The van der Waals surface area contributed by atoms with Crippen LogP contribution < -0.4 is 5.32 Å². The molecular weight excluding hydrogens is 358 g/mol. The van der Waals surface area contributed by atoms with Crippen LogP contribution in [-0.2, 0) is 0 Å². The highest BCUT2D eigenvalue weighted by atomic mass is 32.1. The third kappa shape index (κ3) is 4.80. The van der Waals surface area contributed by atoms with Crippen molar-refractivity contribution in [2.45, 2.75) is 40.7 Å². The number of amides is 1. The van der Waals surface area contributed by atoms with Crippen molar-refractivity contribution >= 4 is 33.4 Å². The lowest BCUT2D eigenvalue weighted by molar-refractivity contribution is 0.0769. The van der Waals surface area contributed by atoms with Crippen molar-refractivity contribution in [2.75, 3.05) is 18.4 Å². The van der Waals surface area contributed by atoms with E-state index in [0.29, 0.717) is 24.7 Å². The summed E-state index contributed by atoms with van der Waals surface area (Å²) in [4.78, 5) is 27.8. The molecule has 0 saturated carbocycles. The number of hydrogen-bond donors (Lipinski definition) is 1. The van der Waals surface area contributed by atoms with Gasteiger partial charge in [0, 0.05) is 25.5 Å². The maximum absolute atomic E-state index is 12.8. The maximum atomic E-state index is 12.8. The van der Waals surface area contributed by atoms with E-state index in [1.54, 1.807) is 11.1 Å². The molecule has 7 heteroatoms. The van der Waals surface area contributed by atoms with Gasteiger partial charge in [0.25, 0.3) is 5.91 Å². The number of anilines is 1. The average molecular weight is 386 g/mol. The second kappa shape index (κ2) is 9.97. The molecule has 0 aliphatic rings. The van der Waals surface area contributed by atoms with Gasteiger partial charge < -0.3 is 10.2 Å². The summed E-state index contributed by atoms with van der Waals surface area (Å²) in [7, 11) is 0. The van der Waals surface area contributed by atoms with E-state index in [4.69, 9.17) is 0 Å². The Labute approximate surface area is 164 Å². The molecule has 0 bridgehead atoms. The number of rotatable bonds is 6. The van der Waals surface area contributed by atoms with Gasteiger partial charge in [0.15, 0.2) is 5.69 Å². The zero-order valence-electron chi connectivity index (χ0n) is 16.6. The Morgan fingerprint density at radius 3 is 2.59 bits per heavy atom. The van der Waals surface area contributed by atoms with Gasteiger partial charge in [-0.3, -0.25) is 9.78 Å². The number of pyridine rings is 1. The van der Waals surface area contributed by atoms with E-state index in [-0.39, 0.29) is 11.9 Å². The average Bonchev–Trinajstić information content (AvgIpc) is 3.19. The zero-order chi connectivity index (χ0) is 19.8. The Morgan fingerprint density at radius 2 is 1.96 bits per heavy atom. The van der Waals surface area contributed by atoms with Crippen LogP contribution in [0.25, 0.3) is 10.2 Å². The van der Waals surface area contributed by atoms with Gasteiger partial charge in [-0.1, -0.05) is 19.9 Å². The van der Waals surface area contributed by atoms with Crippen molar-refractivity contribution in [2.24, 2.45) is 0 Å². The molecule has 3 aromatic heterocycles. The first-order valence-corrected chi connectivity index (χ1v) is 10.2. The summed E-state index contributed by atoms with van der Waals surface area (Å²) >= 11 is 1.49. The van der Waals surface area contributed by atoms with Gasteiger partial charge >= 0.3 is 0 Å². The van der Waals surface area contributed by atoms with Crippen molar-refractivity contribution in [3.63, 3.8) is 0 Å². The van der Waals surface area contributed by atoms with Gasteiger partial charge in [-0.05, 0) is 43.8 Å². The first-order chi connectivity index (χ1) is 13.1. The van der Waals surface area contributed by atoms with Crippen molar-refractivity contribution < 1.29 is 4.79 Å². The number of thiophene rings is 1. The molecule has 27 heavy (non-hydrogen) atoms. The van der Waals surface area contributed by atoms with Crippen molar-refractivity contribution in [1.29, 1.82) is 0 Å². The molecule has 3 rings (SSSR count). The Kier molecular flexibility index (Phi) is 7.67. The smallest absolute Gasteiger partial charge is 0.274 e. The predicted molar refractivity (Wildman–Crippen MR) is 112 cm³/mol. The summed E-state index contributed by atoms with van der Waals surface area (Å²) in [6, 6.07) is 5.79. The van der Waals surface area contributed by atoms with E-state index in [9.17, 15) is 4.79 Å². The van der Waals surface area contributed by atoms with Crippen molar-refractivity contribution in [3.05, 3.63) is 47.2 Å². The van der Waals surface area contributed by atoms with Gasteiger partial charge in [0.05, 0.1) is 16.3 Å². The standard InChI is InChI=1S/C18H21N5OS.C2H6/c1-4-23(5-2)17(24)15-16-14(8-10-25-16)21-18(22-15)20-12(3)13-7-6-9-19-11-13;1-2/h6-12H,4-5H2,1-3H3,(H,20,21,22);1-2H3. The number of nitrogens with one attached hydrogen (secondary N) is 1. The Morgan fingerprint density at radius 1 is 1.22 bits per heavy atom. The van der Waals surface area contributed by atoms with Crippen LogP contribution in [0.4, 0.5) is 5.95 Å². The fraction of sp³-hybridized carbons (Fsp3) is 0.400. The van der Waals surface area contributed by atoms with Gasteiger partial charge in [0.1, 0.15) is 0 Å². The molecule has 3 aromatic rings. The third-order valence-corrected chi connectivity index (χ3v) is 5.00. The Balaban J connectivity index is 0.00000126. The molecule has 1 atom stereocenters. The number of aromatic nitrogens is 3. The lowest BCUT2D eigenvalue weighted by Crippen LogP contribution is -2.31. The van der Waals surface area contributed by atoms with E-state index in [1.807, 2.05) is 64.4 Å². The van der Waals surface area contributed by atoms with Crippen molar-refractivity contribution in [1.82, 2.24) is 19.9 Å². The number of hydrogen-bond acceptors (Lipinski definition) is 6. The van der Waals surface area contributed by atoms with E-state index in [0.717, 1.165) is 15.8 Å². The zero-order valence-corrected chi connectivity index (χ0v) is 17.4. The first-order valence-electron chi connectivity index (χ1n) is 9.35.